The van der Waals surface area contributed by atoms with Crippen molar-refractivity contribution < 1.29 is 8.42 Å². The van der Waals surface area contributed by atoms with Crippen LogP contribution in [-0.4, -0.2) is 15.0 Å². The molecule has 0 aliphatic heterocycles. The van der Waals surface area contributed by atoms with Crippen LogP contribution < -0.4 is 11.5 Å². The van der Waals surface area contributed by atoms with Gasteiger partial charge in [-0.2, -0.15) is 0 Å². The van der Waals surface area contributed by atoms with Crippen molar-refractivity contribution >= 4 is 32.2 Å². The van der Waals surface area contributed by atoms with E-state index in [9.17, 15) is 8.42 Å². The molecule has 0 saturated heterocycles. The molecule has 1 atom stereocenters. The van der Waals surface area contributed by atoms with Crippen LogP contribution in [0.3, 0.4) is 0 Å². The summed E-state index contributed by atoms with van der Waals surface area (Å²) in [6.07, 6.45) is 0.118. The number of sulfone groups is 1. The van der Waals surface area contributed by atoms with Crippen molar-refractivity contribution in [3.05, 3.63) is 77.3 Å². The zero-order valence-electron chi connectivity index (χ0n) is 13.5. The minimum absolute atomic E-state index is 0.118. The lowest BCUT2D eigenvalue weighted by molar-refractivity contribution is 0.506. The Morgan fingerprint density at radius 1 is 0.960 bits per heavy atom. The molecule has 0 aliphatic rings. The summed E-state index contributed by atoms with van der Waals surface area (Å²) in [4.78, 5) is -1.43. The van der Waals surface area contributed by atoms with E-state index in [4.69, 9.17) is 23.1 Å². The highest BCUT2D eigenvalue weighted by Crippen LogP contribution is 2.35. The summed E-state index contributed by atoms with van der Waals surface area (Å²) < 4.78 is 26.7. The fraction of sp³-hybridized carbons (Fsp3) is 0.158. The van der Waals surface area contributed by atoms with Gasteiger partial charge in [0.15, 0.2) is 4.87 Å². The highest BCUT2D eigenvalue weighted by atomic mass is 35.5. The number of hydrogen-bond acceptors (Lipinski definition) is 4. The molecule has 4 nitrogen and oxygen atoms in total. The zero-order chi connectivity index (χ0) is 18.1. The first-order valence-corrected chi connectivity index (χ1v) is 9.73. The second kappa shape index (κ2) is 6.77. The third-order valence-corrected chi connectivity index (χ3v) is 6.97. The molecule has 3 rings (SSSR count). The molecule has 1 unspecified atom stereocenters. The maximum atomic E-state index is 13.4. The van der Waals surface area contributed by atoms with E-state index in [-0.39, 0.29) is 17.9 Å². The summed E-state index contributed by atoms with van der Waals surface area (Å²) in [5.41, 5.74) is 12.6. The van der Waals surface area contributed by atoms with Crippen LogP contribution >= 0.6 is 11.6 Å². The van der Waals surface area contributed by atoms with Crippen molar-refractivity contribution in [3.63, 3.8) is 0 Å². The van der Waals surface area contributed by atoms with Gasteiger partial charge in [0.2, 0.25) is 9.84 Å². The Labute approximate surface area is 152 Å². The van der Waals surface area contributed by atoms with E-state index >= 15 is 0 Å². The lowest BCUT2D eigenvalue weighted by Crippen LogP contribution is -2.46. The normalized spacial score (nSPS) is 14.4. The van der Waals surface area contributed by atoms with E-state index in [1.807, 2.05) is 12.1 Å². The number of rotatable bonds is 5. The summed E-state index contributed by atoms with van der Waals surface area (Å²) in [5, 5.41) is 2.12. The van der Waals surface area contributed by atoms with Gasteiger partial charge in [0.05, 0.1) is 4.90 Å². The van der Waals surface area contributed by atoms with Crippen LogP contribution in [0.2, 0.25) is 5.02 Å². The molecule has 0 bridgehead atoms. The van der Waals surface area contributed by atoms with Gasteiger partial charge in [0.25, 0.3) is 0 Å². The summed E-state index contributed by atoms with van der Waals surface area (Å²) in [5.74, 6) is 0. The highest BCUT2D eigenvalue weighted by Gasteiger charge is 2.42. The summed E-state index contributed by atoms with van der Waals surface area (Å²) in [6, 6.07) is 19.0. The van der Waals surface area contributed by atoms with E-state index < -0.39 is 14.7 Å². The van der Waals surface area contributed by atoms with Gasteiger partial charge >= 0.3 is 0 Å². The highest BCUT2D eigenvalue weighted by molar-refractivity contribution is 7.92. The molecule has 3 aromatic carbocycles. The van der Waals surface area contributed by atoms with Crippen LogP contribution in [-0.2, 0) is 14.7 Å². The van der Waals surface area contributed by atoms with Crippen LogP contribution in [0.25, 0.3) is 10.8 Å². The van der Waals surface area contributed by atoms with Gasteiger partial charge in [-0.1, -0.05) is 60.1 Å². The molecule has 25 heavy (non-hydrogen) atoms. The van der Waals surface area contributed by atoms with E-state index in [2.05, 4.69) is 0 Å². The molecule has 4 N–H and O–H groups in total. The molecule has 130 valence electrons. The van der Waals surface area contributed by atoms with Gasteiger partial charge in [0.1, 0.15) is 0 Å². The minimum atomic E-state index is -3.87. The lowest BCUT2D eigenvalue weighted by Gasteiger charge is -2.29. The topological polar surface area (TPSA) is 86.2 Å². The van der Waals surface area contributed by atoms with Crippen molar-refractivity contribution in [1.29, 1.82) is 0 Å². The fourth-order valence-electron chi connectivity index (χ4n) is 2.97. The first-order chi connectivity index (χ1) is 11.9. The maximum absolute atomic E-state index is 13.4. The monoisotopic (exact) mass is 374 g/mol. The second-order valence-electron chi connectivity index (χ2n) is 5.92. The van der Waals surface area contributed by atoms with Gasteiger partial charge in [-0.15, -0.1) is 0 Å². The van der Waals surface area contributed by atoms with E-state index in [0.717, 1.165) is 10.8 Å². The van der Waals surface area contributed by atoms with E-state index in [1.54, 1.807) is 54.6 Å². The van der Waals surface area contributed by atoms with Crippen LogP contribution in [0.5, 0.6) is 0 Å². The average Bonchev–Trinajstić information content (AvgIpc) is 2.62. The molecule has 0 radical (unpaired) electrons. The number of benzene rings is 3. The third kappa shape index (κ3) is 3.04. The van der Waals surface area contributed by atoms with Gasteiger partial charge in [-0.05, 0) is 42.1 Å². The summed E-state index contributed by atoms with van der Waals surface area (Å²) in [7, 11) is -3.87. The van der Waals surface area contributed by atoms with Crippen LogP contribution in [0.4, 0.5) is 0 Å². The Hall–Kier alpha value is -1.92. The Balaban J connectivity index is 2.19. The molecule has 0 saturated carbocycles. The summed E-state index contributed by atoms with van der Waals surface area (Å²) in [6.45, 7) is 0.157. The third-order valence-electron chi connectivity index (χ3n) is 4.37. The first-order valence-electron chi connectivity index (χ1n) is 7.87. The molecule has 0 aromatic heterocycles. The fourth-order valence-corrected chi connectivity index (χ4v) is 5.00. The van der Waals surface area contributed by atoms with Crippen LogP contribution in [0, 0.1) is 0 Å². The molecule has 6 heteroatoms. The van der Waals surface area contributed by atoms with Crippen molar-refractivity contribution in [2.45, 2.75) is 16.2 Å². The van der Waals surface area contributed by atoms with E-state index in [0.29, 0.717) is 10.6 Å². The zero-order valence-corrected chi connectivity index (χ0v) is 15.1. The second-order valence-corrected chi connectivity index (χ2v) is 8.53. The SMILES string of the molecule is NCCC(N)(c1ccccc1)S(=O)(=O)c1ccc2c(Cl)cccc2c1. The smallest absolute Gasteiger partial charge is 0.201 e. The molecule has 0 heterocycles. The van der Waals surface area contributed by atoms with Gasteiger partial charge in [-0.3, -0.25) is 0 Å². The Morgan fingerprint density at radius 3 is 2.36 bits per heavy atom. The molecular formula is C19H19ClN2O2S. The number of fused-ring (bicyclic) bond motifs is 1. The van der Waals surface area contributed by atoms with Crippen molar-refractivity contribution in [1.82, 2.24) is 0 Å². The predicted octanol–water partition coefficient (Wildman–Crippen LogP) is 3.43. The molecule has 0 amide bonds. The standard InChI is InChI=1S/C19H19ClN2O2S/c20-18-8-4-5-14-13-16(9-10-17(14)18)25(23,24)19(22,11-12-21)15-6-2-1-3-7-15/h1-10,13H,11-12,21-22H2. The van der Waals surface area contributed by atoms with Gasteiger partial charge in [-0.25, -0.2) is 8.42 Å². The Bertz CT molecular complexity index is 1010. The van der Waals surface area contributed by atoms with Crippen molar-refractivity contribution in [2.24, 2.45) is 11.5 Å². The molecular weight excluding hydrogens is 356 g/mol. The quantitative estimate of drug-likeness (QED) is 0.716. The van der Waals surface area contributed by atoms with Crippen LogP contribution in [0.1, 0.15) is 12.0 Å². The minimum Gasteiger partial charge on any atom is -0.330 e. The van der Waals surface area contributed by atoms with E-state index in [1.165, 1.54) is 0 Å². The molecule has 0 spiro atoms. The molecule has 0 aliphatic carbocycles. The number of hydrogen-bond donors (Lipinski definition) is 2. The molecule has 3 aromatic rings. The predicted molar refractivity (Wildman–Crippen MR) is 102 cm³/mol. The number of nitrogens with two attached hydrogens (primary N) is 2. The largest absolute Gasteiger partial charge is 0.330 e. The Morgan fingerprint density at radius 2 is 1.68 bits per heavy atom. The lowest BCUT2D eigenvalue weighted by atomic mass is 10.0. The average molecular weight is 375 g/mol. The van der Waals surface area contributed by atoms with Crippen LogP contribution in [0.15, 0.2) is 71.6 Å². The van der Waals surface area contributed by atoms with Crippen molar-refractivity contribution in [2.75, 3.05) is 6.54 Å². The molecule has 0 fully saturated rings. The first kappa shape index (κ1) is 17.9. The van der Waals surface area contributed by atoms with Crippen molar-refractivity contribution in [3.8, 4) is 0 Å². The summed E-state index contributed by atoms with van der Waals surface area (Å²) >= 11 is 6.17. The number of halogens is 1. The van der Waals surface area contributed by atoms with Gasteiger partial charge in [0, 0.05) is 10.4 Å². The Kier molecular flexibility index (Phi) is 4.84. The van der Waals surface area contributed by atoms with Gasteiger partial charge < -0.3 is 11.5 Å². The maximum Gasteiger partial charge on any atom is 0.201 e.